The molecule has 1 aromatic carbocycles. The van der Waals surface area contributed by atoms with Gasteiger partial charge in [0, 0.05) is 0 Å². The monoisotopic (exact) mass is 168 g/mol. The Kier molecular flexibility index (Phi) is 2.30. The molecule has 1 rings (SSSR count). The van der Waals surface area contributed by atoms with Crippen molar-refractivity contribution in [1.29, 1.82) is 0 Å². The smallest absolute Gasteiger partial charge is 0.373 e. The summed E-state index contributed by atoms with van der Waals surface area (Å²) in [5.41, 5.74) is 0.782. The summed E-state index contributed by atoms with van der Waals surface area (Å²) < 4.78 is 0. The van der Waals surface area contributed by atoms with Crippen LogP contribution in [0.15, 0.2) is 18.2 Å². The number of hydrogen-bond donors (Lipinski definition) is 2. The Balaban J connectivity index is 3.09. The maximum Gasteiger partial charge on any atom is 0.373 e. The first-order valence-corrected chi connectivity index (χ1v) is 3.30. The lowest BCUT2D eigenvalue weighted by atomic mass is 10.1. The standard InChI is InChI=1S/C8H8O4/c1-5-4-6(9)2-3-7(5)8(10)12-11/h2-4,9,11H,1H3. The first kappa shape index (κ1) is 8.55. The molecule has 1 aromatic rings. The largest absolute Gasteiger partial charge is 0.508 e. The van der Waals surface area contributed by atoms with E-state index in [1.807, 2.05) is 0 Å². The highest BCUT2D eigenvalue weighted by Crippen LogP contribution is 2.15. The van der Waals surface area contributed by atoms with Crippen molar-refractivity contribution in [3.8, 4) is 5.75 Å². The van der Waals surface area contributed by atoms with Gasteiger partial charge in [0.1, 0.15) is 5.75 Å². The molecule has 0 aromatic heterocycles. The van der Waals surface area contributed by atoms with Gasteiger partial charge in [0.25, 0.3) is 0 Å². The van der Waals surface area contributed by atoms with Crippen molar-refractivity contribution in [3.05, 3.63) is 29.3 Å². The molecule has 4 heteroatoms. The van der Waals surface area contributed by atoms with Gasteiger partial charge in [-0.3, -0.25) is 4.89 Å². The van der Waals surface area contributed by atoms with Gasteiger partial charge >= 0.3 is 5.97 Å². The van der Waals surface area contributed by atoms with Crippen molar-refractivity contribution >= 4 is 5.97 Å². The van der Waals surface area contributed by atoms with Crippen LogP contribution < -0.4 is 0 Å². The number of benzene rings is 1. The van der Waals surface area contributed by atoms with E-state index < -0.39 is 5.97 Å². The number of phenols is 1. The maximum absolute atomic E-state index is 10.8. The summed E-state index contributed by atoms with van der Waals surface area (Å²) in [5.74, 6) is -0.755. The van der Waals surface area contributed by atoms with Crippen LogP contribution >= 0.6 is 0 Å². The first-order valence-electron chi connectivity index (χ1n) is 3.30. The highest BCUT2D eigenvalue weighted by molar-refractivity contribution is 5.90. The van der Waals surface area contributed by atoms with E-state index in [0.29, 0.717) is 5.56 Å². The predicted molar refractivity (Wildman–Crippen MR) is 40.9 cm³/mol. The molecule has 0 radical (unpaired) electrons. The summed E-state index contributed by atoms with van der Waals surface area (Å²) in [6, 6.07) is 4.13. The number of phenolic OH excluding ortho intramolecular Hbond substituents is 1. The molecule has 2 N–H and O–H groups in total. The van der Waals surface area contributed by atoms with Crippen LogP contribution in [-0.4, -0.2) is 16.3 Å². The van der Waals surface area contributed by atoms with Gasteiger partial charge in [0.05, 0.1) is 5.56 Å². The highest BCUT2D eigenvalue weighted by Gasteiger charge is 2.09. The van der Waals surface area contributed by atoms with E-state index in [9.17, 15) is 4.79 Å². The number of carbonyl (C=O) groups excluding carboxylic acids is 1. The van der Waals surface area contributed by atoms with E-state index in [1.54, 1.807) is 6.92 Å². The summed E-state index contributed by atoms with van der Waals surface area (Å²) in [6.07, 6.45) is 0. The van der Waals surface area contributed by atoms with Crippen LogP contribution in [-0.2, 0) is 4.89 Å². The Morgan fingerprint density at radius 2 is 2.17 bits per heavy atom. The summed E-state index contributed by atoms with van der Waals surface area (Å²) in [6.45, 7) is 1.63. The zero-order valence-electron chi connectivity index (χ0n) is 6.44. The van der Waals surface area contributed by atoms with Crippen LogP contribution in [0.1, 0.15) is 15.9 Å². The third-order valence-corrected chi connectivity index (χ3v) is 1.51. The minimum atomic E-state index is -0.826. The molecule has 0 fully saturated rings. The van der Waals surface area contributed by atoms with Gasteiger partial charge in [-0.05, 0) is 30.7 Å². The van der Waals surface area contributed by atoms with Gasteiger partial charge in [0.2, 0.25) is 0 Å². The topological polar surface area (TPSA) is 66.8 Å². The summed E-state index contributed by atoms with van der Waals surface area (Å²) in [4.78, 5) is 14.3. The second-order valence-electron chi connectivity index (χ2n) is 2.38. The molecular formula is C8H8O4. The van der Waals surface area contributed by atoms with Crippen molar-refractivity contribution in [2.45, 2.75) is 6.92 Å². The lowest BCUT2D eigenvalue weighted by Gasteiger charge is -2.01. The van der Waals surface area contributed by atoms with E-state index in [-0.39, 0.29) is 11.3 Å². The number of aryl methyl sites for hydroxylation is 1. The Hall–Kier alpha value is -1.55. The molecule has 0 aliphatic heterocycles. The van der Waals surface area contributed by atoms with Gasteiger partial charge in [-0.25, -0.2) is 4.79 Å². The second-order valence-corrected chi connectivity index (χ2v) is 2.38. The van der Waals surface area contributed by atoms with Gasteiger partial charge < -0.3 is 5.11 Å². The fourth-order valence-corrected chi connectivity index (χ4v) is 0.926. The molecule has 0 amide bonds. The first-order chi connectivity index (χ1) is 5.65. The number of carbonyl (C=O) groups is 1. The van der Waals surface area contributed by atoms with Gasteiger partial charge in [-0.1, -0.05) is 0 Å². The molecule has 0 aliphatic carbocycles. The van der Waals surface area contributed by atoms with Crippen LogP contribution in [0.4, 0.5) is 0 Å². The van der Waals surface area contributed by atoms with Crippen LogP contribution in [0, 0.1) is 6.92 Å². The molecule has 0 atom stereocenters. The van der Waals surface area contributed by atoms with E-state index in [2.05, 4.69) is 4.89 Å². The van der Waals surface area contributed by atoms with Crippen LogP contribution in [0.25, 0.3) is 0 Å². The van der Waals surface area contributed by atoms with Crippen molar-refractivity contribution in [3.63, 3.8) is 0 Å². The number of hydrogen-bond acceptors (Lipinski definition) is 4. The van der Waals surface area contributed by atoms with E-state index in [1.165, 1.54) is 18.2 Å². The second kappa shape index (κ2) is 3.23. The van der Waals surface area contributed by atoms with Crippen LogP contribution in [0.5, 0.6) is 5.75 Å². The highest BCUT2D eigenvalue weighted by atomic mass is 17.1. The maximum atomic E-state index is 10.8. The number of rotatable bonds is 1. The molecule has 64 valence electrons. The molecule has 0 heterocycles. The van der Waals surface area contributed by atoms with Crippen molar-refractivity contribution in [2.24, 2.45) is 0 Å². The van der Waals surface area contributed by atoms with Crippen molar-refractivity contribution in [2.75, 3.05) is 0 Å². The molecule has 0 saturated heterocycles. The molecular weight excluding hydrogens is 160 g/mol. The Labute approximate surface area is 69.0 Å². The third kappa shape index (κ3) is 1.54. The Bertz CT molecular complexity index is 306. The van der Waals surface area contributed by atoms with E-state index in [0.717, 1.165) is 0 Å². The Morgan fingerprint density at radius 1 is 1.50 bits per heavy atom. The minimum Gasteiger partial charge on any atom is -0.508 e. The van der Waals surface area contributed by atoms with Gasteiger partial charge in [-0.2, -0.15) is 5.26 Å². The average molecular weight is 168 g/mol. The van der Waals surface area contributed by atoms with Crippen molar-refractivity contribution < 1.29 is 20.0 Å². The molecule has 0 bridgehead atoms. The number of aromatic hydroxyl groups is 1. The van der Waals surface area contributed by atoms with E-state index in [4.69, 9.17) is 10.4 Å². The fourth-order valence-electron chi connectivity index (χ4n) is 0.926. The lowest BCUT2D eigenvalue weighted by Crippen LogP contribution is -2.03. The van der Waals surface area contributed by atoms with E-state index >= 15 is 0 Å². The summed E-state index contributed by atoms with van der Waals surface area (Å²) >= 11 is 0. The lowest BCUT2D eigenvalue weighted by molar-refractivity contribution is -0.182. The molecule has 0 saturated carbocycles. The predicted octanol–water partition coefficient (Wildman–Crippen LogP) is 1.33. The summed E-state index contributed by atoms with van der Waals surface area (Å²) in [5, 5.41) is 17.0. The minimum absolute atomic E-state index is 0.0713. The van der Waals surface area contributed by atoms with Crippen molar-refractivity contribution in [1.82, 2.24) is 0 Å². The molecule has 0 unspecified atom stereocenters. The third-order valence-electron chi connectivity index (χ3n) is 1.51. The van der Waals surface area contributed by atoms with Gasteiger partial charge in [-0.15, -0.1) is 0 Å². The fraction of sp³-hybridized carbons (Fsp3) is 0.125. The zero-order chi connectivity index (χ0) is 9.14. The summed E-state index contributed by atoms with van der Waals surface area (Å²) in [7, 11) is 0. The quantitative estimate of drug-likeness (QED) is 0.490. The zero-order valence-corrected chi connectivity index (χ0v) is 6.44. The molecule has 0 aliphatic rings. The van der Waals surface area contributed by atoms with Crippen LogP contribution in [0.2, 0.25) is 0 Å². The SMILES string of the molecule is Cc1cc(O)ccc1C(=O)OO. The molecule has 4 nitrogen and oxygen atoms in total. The van der Waals surface area contributed by atoms with Crippen LogP contribution in [0.3, 0.4) is 0 Å². The normalized spacial score (nSPS) is 9.50. The molecule has 12 heavy (non-hydrogen) atoms. The van der Waals surface area contributed by atoms with Gasteiger partial charge in [0.15, 0.2) is 0 Å². The molecule has 0 spiro atoms. The Morgan fingerprint density at radius 3 is 2.67 bits per heavy atom. The average Bonchev–Trinajstić information content (AvgIpc) is 2.03.